The van der Waals surface area contributed by atoms with Gasteiger partial charge in [-0.25, -0.2) is 0 Å². The largest absolute Gasteiger partial charge is 0.366 e. The maximum Gasteiger partial charge on any atom is 0.0389 e. The van der Waals surface area contributed by atoms with Crippen LogP contribution in [0.5, 0.6) is 0 Å². The molecule has 2 atom stereocenters. The highest BCUT2D eigenvalue weighted by molar-refractivity contribution is 5.49. The van der Waals surface area contributed by atoms with Gasteiger partial charge in [-0.1, -0.05) is 25.5 Å². The third kappa shape index (κ3) is 2.64. The highest BCUT2D eigenvalue weighted by atomic mass is 15.3. The van der Waals surface area contributed by atoms with Crippen molar-refractivity contribution in [1.29, 1.82) is 0 Å². The van der Waals surface area contributed by atoms with Crippen molar-refractivity contribution in [1.82, 2.24) is 4.90 Å². The van der Waals surface area contributed by atoms with E-state index in [1.54, 1.807) is 0 Å². The molecule has 2 heteroatoms. The number of hydrogen-bond donors (Lipinski definition) is 0. The van der Waals surface area contributed by atoms with Crippen LogP contribution in [0.3, 0.4) is 0 Å². The molecule has 0 saturated carbocycles. The average molecular weight is 258 g/mol. The lowest BCUT2D eigenvalue weighted by molar-refractivity contribution is 0.115. The second-order valence-corrected chi connectivity index (χ2v) is 6.17. The number of piperidine rings is 1. The number of rotatable bonds is 2. The lowest BCUT2D eigenvalue weighted by Gasteiger charge is -2.48. The predicted octanol–water partition coefficient (Wildman–Crippen LogP) is 3.31. The van der Waals surface area contributed by atoms with Gasteiger partial charge in [0, 0.05) is 30.9 Å². The summed E-state index contributed by atoms with van der Waals surface area (Å²) in [6.45, 7) is 8.36. The summed E-state index contributed by atoms with van der Waals surface area (Å²) < 4.78 is 0. The van der Waals surface area contributed by atoms with Gasteiger partial charge in [0.1, 0.15) is 0 Å². The van der Waals surface area contributed by atoms with Crippen LogP contribution in [0.25, 0.3) is 0 Å². The fraction of sp³-hybridized carbons (Fsp3) is 0.647. The predicted molar refractivity (Wildman–Crippen MR) is 81.8 cm³/mol. The number of hydrogen-bond acceptors (Lipinski definition) is 2. The van der Waals surface area contributed by atoms with E-state index in [1.807, 2.05) is 0 Å². The number of aryl methyl sites for hydroxylation is 1. The summed E-state index contributed by atoms with van der Waals surface area (Å²) in [5, 5.41) is 0. The van der Waals surface area contributed by atoms with Crippen molar-refractivity contribution in [2.24, 2.45) is 0 Å². The third-order valence-electron chi connectivity index (χ3n) is 4.86. The van der Waals surface area contributed by atoms with Gasteiger partial charge in [0.05, 0.1) is 0 Å². The first-order valence-electron chi connectivity index (χ1n) is 7.87. The van der Waals surface area contributed by atoms with Gasteiger partial charge in [0.15, 0.2) is 0 Å². The Morgan fingerprint density at radius 1 is 1.11 bits per heavy atom. The van der Waals surface area contributed by atoms with Crippen LogP contribution in [0.4, 0.5) is 5.69 Å². The first kappa shape index (κ1) is 13.0. The van der Waals surface area contributed by atoms with E-state index in [9.17, 15) is 0 Å². The molecule has 2 heterocycles. The van der Waals surface area contributed by atoms with Crippen LogP contribution in [-0.2, 0) is 6.42 Å². The van der Waals surface area contributed by atoms with Crippen molar-refractivity contribution in [2.75, 3.05) is 24.5 Å². The number of piperazine rings is 1. The van der Waals surface area contributed by atoms with Gasteiger partial charge in [0.25, 0.3) is 0 Å². The van der Waals surface area contributed by atoms with Crippen molar-refractivity contribution in [3.8, 4) is 0 Å². The van der Waals surface area contributed by atoms with Crippen molar-refractivity contribution in [3.05, 3.63) is 29.8 Å². The normalized spacial score (nSPS) is 28.2. The first-order valence-corrected chi connectivity index (χ1v) is 7.87. The highest BCUT2D eigenvalue weighted by Gasteiger charge is 2.32. The maximum absolute atomic E-state index is 2.71. The zero-order chi connectivity index (χ0) is 13.2. The van der Waals surface area contributed by atoms with E-state index in [1.165, 1.54) is 50.1 Å². The minimum Gasteiger partial charge on any atom is -0.366 e. The van der Waals surface area contributed by atoms with Gasteiger partial charge >= 0.3 is 0 Å². The van der Waals surface area contributed by atoms with Crippen molar-refractivity contribution < 1.29 is 0 Å². The molecule has 0 N–H and O–H groups in total. The van der Waals surface area contributed by atoms with E-state index in [2.05, 4.69) is 47.9 Å². The smallest absolute Gasteiger partial charge is 0.0389 e. The molecule has 2 aliphatic rings. The molecule has 1 aromatic rings. The Morgan fingerprint density at radius 2 is 1.89 bits per heavy atom. The summed E-state index contributed by atoms with van der Waals surface area (Å²) in [6, 6.07) is 10.6. The van der Waals surface area contributed by atoms with Crippen LogP contribution in [-0.4, -0.2) is 36.6 Å². The van der Waals surface area contributed by atoms with Crippen LogP contribution in [0.15, 0.2) is 24.3 Å². The topological polar surface area (TPSA) is 6.48 Å². The Bertz CT molecular complexity index is 412. The Hall–Kier alpha value is -1.02. The van der Waals surface area contributed by atoms with Crippen LogP contribution < -0.4 is 4.90 Å². The number of benzene rings is 1. The summed E-state index contributed by atoms with van der Waals surface area (Å²) in [6.07, 6.45) is 5.33. The molecule has 2 saturated heterocycles. The second-order valence-electron chi connectivity index (χ2n) is 6.17. The van der Waals surface area contributed by atoms with Crippen LogP contribution >= 0.6 is 0 Å². The standard InChI is InChI=1S/C17H26N2/c1-3-15-7-9-16(10-8-15)19-13-17-6-4-5-11-18(17)12-14(19)2/h7-10,14,17H,3-6,11-13H2,1-2H3. The fourth-order valence-electron chi connectivity index (χ4n) is 3.64. The van der Waals surface area contributed by atoms with E-state index >= 15 is 0 Å². The zero-order valence-corrected chi connectivity index (χ0v) is 12.3. The van der Waals surface area contributed by atoms with Crippen LogP contribution in [0.1, 0.15) is 38.7 Å². The molecular weight excluding hydrogens is 232 g/mol. The van der Waals surface area contributed by atoms with E-state index in [-0.39, 0.29) is 0 Å². The van der Waals surface area contributed by atoms with Crippen molar-refractivity contribution in [2.45, 2.75) is 51.6 Å². The molecule has 2 aliphatic heterocycles. The number of anilines is 1. The molecule has 2 nitrogen and oxygen atoms in total. The Kier molecular flexibility index (Phi) is 3.79. The minimum atomic E-state index is 0.641. The van der Waals surface area contributed by atoms with Crippen molar-refractivity contribution >= 4 is 5.69 Å². The molecule has 104 valence electrons. The Balaban J connectivity index is 1.75. The van der Waals surface area contributed by atoms with E-state index in [4.69, 9.17) is 0 Å². The monoisotopic (exact) mass is 258 g/mol. The van der Waals surface area contributed by atoms with Gasteiger partial charge in [-0.05, 0) is 50.4 Å². The lowest BCUT2D eigenvalue weighted by atomic mass is 9.96. The summed E-state index contributed by atoms with van der Waals surface area (Å²) in [4.78, 5) is 5.33. The van der Waals surface area contributed by atoms with Crippen molar-refractivity contribution in [3.63, 3.8) is 0 Å². The molecule has 19 heavy (non-hydrogen) atoms. The summed E-state index contributed by atoms with van der Waals surface area (Å²) in [5.74, 6) is 0. The quantitative estimate of drug-likeness (QED) is 0.803. The average Bonchev–Trinajstić information content (AvgIpc) is 2.47. The van der Waals surface area contributed by atoms with Gasteiger partial charge in [-0.15, -0.1) is 0 Å². The highest BCUT2D eigenvalue weighted by Crippen LogP contribution is 2.28. The van der Waals surface area contributed by atoms with Gasteiger partial charge in [-0.2, -0.15) is 0 Å². The molecule has 0 aromatic heterocycles. The third-order valence-corrected chi connectivity index (χ3v) is 4.86. The van der Waals surface area contributed by atoms with Gasteiger partial charge in [0.2, 0.25) is 0 Å². The molecule has 1 aromatic carbocycles. The molecule has 2 fully saturated rings. The molecule has 0 spiro atoms. The summed E-state index contributed by atoms with van der Waals surface area (Å²) in [7, 11) is 0. The number of nitrogens with zero attached hydrogens (tertiary/aromatic N) is 2. The summed E-state index contributed by atoms with van der Waals surface area (Å²) in [5.41, 5.74) is 2.85. The molecule has 0 radical (unpaired) electrons. The van der Waals surface area contributed by atoms with E-state index in [0.717, 1.165) is 12.5 Å². The molecule has 2 unspecified atom stereocenters. The van der Waals surface area contributed by atoms with Crippen LogP contribution in [0, 0.1) is 0 Å². The molecule has 0 aliphatic carbocycles. The fourth-order valence-corrected chi connectivity index (χ4v) is 3.64. The van der Waals surface area contributed by atoms with E-state index in [0.29, 0.717) is 6.04 Å². The number of fused-ring (bicyclic) bond motifs is 1. The van der Waals surface area contributed by atoms with Gasteiger partial charge in [-0.3, -0.25) is 4.90 Å². The molecular formula is C17H26N2. The maximum atomic E-state index is 2.71. The minimum absolute atomic E-state index is 0.641. The second kappa shape index (κ2) is 5.54. The lowest BCUT2D eigenvalue weighted by Crippen LogP contribution is -2.58. The summed E-state index contributed by atoms with van der Waals surface area (Å²) >= 11 is 0. The van der Waals surface area contributed by atoms with Crippen LogP contribution in [0.2, 0.25) is 0 Å². The molecule has 3 rings (SSSR count). The Morgan fingerprint density at radius 3 is 2.63 bits per heavy atom. The molecule has 0 bridgehead atoms. The SMILES string of the molecule is CCc1ccc(N2CC3CCCCN3CC2C)cc1. The van der Waals surface area contributed by atoms with Gasteiger partial charge < -0.3 is 4.90 Å². The molecule has 0 amide bonds. The van der Waals surface area contributed by atoms with E-state index < -0.39 is 0 Å². The zero-order valence-electron chi connectivity index (χ0n) is 12.3. The first-order chi connectivity index (χ1) is 9.28. The Labute approximate surface area is 117 Å².